The number of hydrogen-bond donors (Lipinski definition) is 0. The Balaban J connectivity index is 1.16. The molecule has 4 nitrogen and oxygen atoms in total. The van der Waals surface area contributed by atoms with Gasteiger partial charge in [-0.15, -0.1) is 22.7 Å². The van der Waals surface area contributed by atoms with E-state index in [9.17, 15) is 0 Å². The summed E-state index contributed by atoms with van der Waals surface area (Å²) in [5.41, 5.74) is 7.33. The molecule has 0 aliphatic rings. The van der Waals surface area contributed by atoms with Gasteiger partial charge >= 0.3 is 0 Å². The fourth-order valence-electron chi connectivity index (χ4n) is 7.24. The summed E-state index contributed by atoms with van der Waals surface area (Å²) in [5, 5.41) is 7.08. The number of thiophene rings is 2. The van der Waals surface area contributed by atoms with Gasteiger partial charge in [-0.05, 0) is 84.9 Å². The fraction of sp³-hybridized carbons (Fsp3) is 0. The normalized spacial score (nSPS) is 12.1. The van der Waals surface area contributed by atoms with Gasteiger partial charge in [-0.3, -0.25) is 0 Å². The zero-order chi connectivity index (χ0) is 32.1. The van der Waals surface area contributed by atoms with Gasteiger partial charge in [0.05, 0.1) is 5.39 Å². The molecule has 0 bridgehead atoms. The minimum absolute atomic E-state index is 0.600. The van der Waals surface area contributed by atoms with Crippen LogP contribution in [0.2, 0.25) is 0 Å². The second-order valence-corrected chi connectivity index (χ2v) is 14.5. The van der Waals surface area contributed by atoms with Crippen molar-refractivity contribution >= 4 is 113 Å². The lowest BCUT2D eigenvalue weighted by Gasteiger charge is -2.26. The van der Waals surface area contributed by atoms with Gasteiger partial charge in [0.15, 0.2) is 5.58 Å². The summed E-state index contributed by atoms with van der Waals surface area (Å²) < 4.78 is 17.8. The quantitative estimate of drug-likeness (QED) is 0.188. The van der Waals surface area contributed by atoms with Gasteiger partial charge in [-0.2, -0.15) is 0 Å². The maximum Gasteiger partial charge on any atom is 0.227 e. The molecule has 0 N–H and O–H groups in total. The van der Waals surface area contributed by atoms with Gasteiger partial charge in [0, 0.05) is 68.4 Å². The Bertz CT molecular complexity index is 3080. The Kier molecular flexibility index (Phi) is 5.67. The van der Waals surface area contributed by atoms with Crippen molar-refractivity contribution in [2.24, 2.45) is 0 Å². The number of hydrogen-bond acceptors (Lipinski definition) is 6. The van der Waals surface area contributed by atoms with Gasteiger partial charge in [0.2, 0.25) is 5.89 Å². The number of fused-ring (bicyclic) bond motifs is 11. The van der Waals surface area contributed by atoms with Crippen LogP contribution in [-0.4, -0.2) is 4.98 Å². The first kappa shape index (κ1) is 27.0. The maximum absolute atomic E-state index is 6.41. The Morgan fingerprint density at radius 2 is 1.02 bits per heavy atom. The highest BCUT2D eigenvalue weighted by Gasteiger charge is 2.21. The van der Waals surface area contributed by atoms with E-state index >= 15 is 0 Å². The summed E-state index contributed by atoms with van der Waals surface area (Å²) in [6.07, 6.45) is 0. The minimum Gasteiger partial charge on any atom is -0.456 e. The van der Waals surface area contributed by atoms with Crippen molar-refractivity contribution < 1.29 is 8.83 Å². The molecule has 7 aromatic carbocycles. The van der Waals surface area contributed by atoms with E-state index in [2.05, 4.69) is 108 Å². The van der Waals surface area contributed by atoms with Crippen molar-refractivity contribution in [1.82, 2.24) is 4.98 Å². The summed E-state index contributed by atoms with van der Waals surface area (Å²) in [5.74, 6) is 0.600. The number of benzene rings is 7. The highest BCUT2D eigenvalue weighted by atomic mass is 32.1. The molecule has 4 heterocycles. The van der Waals surface area contributed by atoms with Gasteiger partial charge in [-0.1, -0.05) is 60.7 Å². The van der Waals surface area contributed by atoms with Gasteiger partial charge in [0.1, 0.15) is 16.7 Å². The van der Waals surface area contributed by atoms with Crippen molar-refractivity contribution in [2.45, 2.75) is 0 Å². The Hall–Kier alpha value is -5.95. The molecule has 11 aromatic rings. The van der Waals surface area contributed by atoms with Gasteiger partial charge in [-0.25, -0.2) is 4.98 Å². The number of nitrogens with zero attached hydrogens (tertiary/aromatic N) is 2. The van der Waals surface area contributed by atoms with Crippen LogP contribution in [0.3, 0.4) is 0 Å². The molecule has 49 heavy (non-hydrogen) atoms. The van der Waals surface area contributed by atoms with Crippen LogP contribution in [0.15, 0.2) is 154 Å². The second-order valence-electron chi connectivity index (χ2n) is 12.3. The first-order valence-electron chi connectivity index (χ1n) is 16.2. The van der Waals surface area contributed by atoms with Gasteiger partial charge in [0.25, 0.3) is 0 Å². The monoisotopic (exact) mass is 664 g/mol. The molecular weight excluding hydrogens is 641 g/mol. The van der Waals surface area contributed by atoms with Crippen molar-refractivity contribution in [3.05, 3.63) is 146 Å². The molecule has 0 unspecified atom stereocenters. The SMILES string of the molecule is c1ccc(-c2nc3c(ccc4oc5ccc(N(c6ccc7c(c6)sc6ccccc67)c6ccc7sc8ccccc8c7c6)cc5c43)o2)cc1. The summed E-state index contributed by atoms with van der Waals surface area (Å²) >= 11 is 3.68. The first-order chi connectivity index (χ1) is 24.2. The molecule has 0 aliphatic carbocycles. The minimum atomic E-state index is 0.600. The van der Waals surface area contributed by atoms with Crippen molar-refractivity contribution in [1.29, 1.82) is 0 Å². The topological polar surface area (TPSA) is 42.4 Å². The van der Waals surface area contributed by atoms with Crippen molar-refractivity contribution in [3.63, 3.8) is 0 Å². The Labute approximate surface area is 287 Å². The van der Waals surface area contributed by atoms with Crippen LogP contribution in [0.4, 0.5) is 17.1 Å². The molecule has 0 aliphatic heterocycles. The molecule has 4 aromatic heterocycles. The van der Waals surface area contributed by atoms with E-state index < -0.39 is 0 Å². The lowest BCUT2D eigenvalue weighted by molar-refractivity contribution is 0.619. The molecular formula is C43H24N2O2S2. The molecule has 11 rings (SSSR count). The van der Waals surface area contributed by atoms with Gasteiger partial charge < -0.3 is 13.7 Å². The maximum atomic E-state index is 6.41. The molecule has 0 fully saturated rings. The number of oxazole rings is 1. The van der Waals surface area contributed by atoms with Crippen LogP contribution in [0.25, 0.3) is 84.8 Å². The third-order valence-electron chi connectivity index (χ3n) is 9.49. The zero-order valence-electron chi connectivity index (χ0n) is 25.9. The summed E-state index contributed by atoms with van der Waals surface area (Å²) in [7, 11) is 0. The summed E-state index contributed by atoms with van der Waals surface area (Å²) in [6, 6.07) is 51.5. The van der Waals surface area contributed by atoms with E-state index in [1.807, 2.05) is 65.1 Å². The van der Waals surface area contributed by atoms with E-state index in [1.165, 1.54) is 40.3 Å². The highest BCUT2D eigenvalue weighted by Crippen LogP contribution is 2.45. The smallest absolute Gasteiger partial charge is 0.227 e. The first-order valence-corrected chi connectivity index (χ1v) is 17.8. The van der Waals surface area contributed by atoms with Crippen LogP contribution in [0.1, 0.15) is 0 Å². The van der Waals surface area contributed by atoms with E-state index in [0.717, 1.165) is 55.7 Å². The lowest BCUT2D eigenvalue weighted by atomic mass is 10.1. The molecule has 6 heteroatoms. The molecule has 0 saturated heterocycles. The lowest BCUT2D eigenvalue weighted by Crippen LogP contribution is -2.09. The van der Waals surface area contributed by atoms with Crippen LogP contribution >= 0.6 is 22.7 Å². The Morgan fingerprint density at radius 3 is 1.86 bits per heavy atom. The average Bonchev–Trinajstić information content (AvgIpc) is 3.92. The van der Waals surface area contributed by atoms with E-state index in [0.29, 0.717) is 5.89 Å². The van der Waals surface area contributed by atoms with Crippen LogP contribution in [-0.2, 0) is 0 Å². The third kappa shape index (κ3) is 4.11. The highest BCUT2D eigenvalue weighted by molar-refractivity contribution is 7.26. The molecule has 0 atom stereocenters. The Morgan fingerprint density at radius 1 is 0.429 bits per heavy atom. The van der Waals surface area contributed by atoms with E-state index in [4.69, 9.17) is 13.8 Å². The predicted molar refractivity (Wildman–Crippen MR) is 207 cm³/mol. The molecule has 230 valence electrons. The largest absolute Gasteiger partial charge is 0.456 e. The van der Waals surface area contributed by atoms with Crippen molar-refractivity contribution in [2.75, 3.05) is 4.90 Å². The number of aromatic nitrogens is 1. The number of furan rings is 1. The fourth-order valence-corrected chi connectivity index (χ4v) is 9.46. The predicted octanol–water partition coefficient (Wildman–Crippen LogP) is 13.6. The standard InChI is InChI=1S/C43H24N2O2S2/c1-2-8-25(9-3-1)43-44-42-36(47-43)20-19-35-41(42)33-23-26(15-18-34(33)46-35)45(27-16-21-39-32(22-27)30-11-5-7-13-38(30)48-39)28-14-17-31-29-10-4-6-12-37(29)49-40(31)24-28/h1-24H. The molecule has 0 saturated carbocycles. The molecule has 0 spiro atoms. The third-order valence-corrected chi connectivity index (χ3v) is 11.8. The van der Waals surface area contributed by atoms with Crippen LogP contribution < -0.4 is 4.90 Å². The zero-order valence-corrected chi connectivity index (χ0v) is 27.5. The van der Waals surface area contributed by atoms with E-state index in [-0.39, 0.29) is 0 Å². The second kappa shape index (κ2) is 10.3. The summed E-state index contributed by atoms with van der Waals surface area (Å²) in [6.45, 7) is 0. The average molecular weight is 665 g/mol. The number of anilines is 3. The van der Waals surface area contributed by atoms with Crippen molar-refractivity contribution in [3.8, 4) is 11.5 Å². The molecule has 0 amide bonds. The summed E-state index contributed by atoms with van der Waals surface area (Å²) in [4.78, 5) is 7.37. The molecule has 0 radical (unpaired) electrons. The van der Waals surface area contributed by atoms with E-state index in [1.54, 1.807) is 0 Å². The number of rotatable bonds is 4. The van der Waals surface area contributed by atoms with Crippen LogP contribution in [0, 0.1) is 0 Å². The van der Waals surface area contributed by atoms with Crippen LogP contribution in [0.5, 0.6) is 0 Å².